The first-order chi connectivity index (χ1) is 9.56. The predicted molar refractivity (Wildman–Crippen MR) is 77.4 cm³/mol. The van der Waals surface area contributed by atoms with Gasteiger partial charge in [0.25, 0.3) is 0 Å². The van der Waals surface area contributed by atoms with E-state index in [1.54, 1.807) is 7.11 Å². The molecule has 0 aliphatic rings. The summed E-state index contributed by atoms with van der Waals surface area (Å²) in [6.07, 6.45) is 0.973. The third-order valence-electron chi connectivity index (χ3n) is 3.64. The van der Waals surface area contributed by atoms with Crippen LogP contribution in [-0.2, 0) is 0 Å². The number of aromatic nitrogens is 2. The Hall–Kier alpha value is -1.88. The molecule has 2 rings (SSSR count). The number of benzene rings is 1. The molecule has 2 aromatic rings. The Morgan fingerprint density at radius 1 is 1.40 bits per heavy atom. The molecule has 2 N–H and O–H groups in total. The molecule has 0 unspecified atom stereocenters. The molecule has 0 amide bonds. The number of hydrogen-bond donors (Lipinski definition) is 1. The normalized spacial score (nSPS) is 14.1. The van der Waals surface area contributed by atoms with Crippen LogP contribution in [0.5, 0.6) is 5.75 Å². The Morgan fingerprint density at radius 2 is 2.15 bits per heavy atom. The fraction of sp³-hybridized carbons (Fsp3) is 0.467. The number of aryl methyl sites for hydroxylation is 1. The largest absolute Gasteiger partial charge is 0.496 e. The third-order valence-corrected chi connectivity index (χ3v) is 3.64. The summed E-state index contributed by atoms with van der Waals surface area (Å²) in [7, 11) is 1.65. The zero-order valence-electron chi connectivity index (χ0n) is 12.4. The Morgan fingerprint density at radius 3 is 2.75 bits per heavy atom. The number of ether oxygens (including phenoxy) is 1. The molecule has 5 nitrogen and oxygen atoms in total. The van der Waals surface area contributed by atoms with Crippen molar-refractivity contribution in [2.24, 2.45) is 11.7 Å². The van der Waals surface area contributed by atoms with Crippen molar-refractivity contribution in [3.8, 4) is 17.1 Å². The van der Waals surface area contributed by atoms with E-state index in [4.69, 9.17) is 15.0 Å². The van der Waals surface area contributed by atoms with Crippen LogP contribution in [0.15, 0.2) is 22.7 Å². The van der Waals surface area contributed by atoms with Gasteiger partial charge in [0.15, 0.2) is 0 Å². The van der Waals surface area contributed by atoms with E-state index in [2.05, 4.69) is 24.0 Å². The zero-order valence-corrected chi connectivity index (χ0v) is 12.4. The average molecular weight is 275 g/mol. The number of rotatable bonds is 5. The summed E-state index contributed by atoms with van der Waals surface area (Å²) in [5.41, 5.74) is 8.03. The van der Waals surface area contributed by atoms with Crippen molar-refractivity contribution in [1.82, 2.24) is 10.1 Å². The lowest BCUT2D eigenvalue weighted by atomic mass is 10.0. The maximum absolute atomic E-state index is 6.10. The van der Waals surface area contributed by atoms with Crippen molar-refractivity contribution in [2.45, 2.75) is 33.2 Å². The van der Waals surface area contributed by atoms with Gasteiger partial charge in [-0.2, -0.15) is 4.98 Å². The number of hydrogen-bond acceptors (Lipinski definition) is 5. The highest BCUT2D eigenvalue weighted by Crippen LogP contribution is 2.26. The van der Waals surface area contributed by atoms with Crippen molar-refractivity contribution in [2.75, 3.05) is 7.11 Å². The molecular weight excluding hydrogens is 254 g/mol. The molecule has 108 valence electrons. The molecule has 1 heterocycles. The second-order valence-corrected chi connectivity index (χ2v) is 5.05. The molecule has 2 atom stereocenters. The molecule has 0 saturated heterocycles. The molecule has 0 bridgehead atoms. The van der Waals surface area contributed by atoms with E-state index >= 15 is 0 Å². The summed E-state index contributed by atoms with van der Waals surface area (Å²) in [4.78, 5) is 4.40. The lowest BCUT2D eigenvalue weighted by molar-refractivity contribution is 0.312. The summed E-state index contributed by atoms with van der Waals surface area (Å²) < 4.78 is 10.5. The lowest BCUT2D eigenvalue weighted by Gasteiger charge is -2.12. The first-order valence-electron chi connectivity index (χ1n) is 6.81. The van der Waals surface area contributed by atoms with Crippen molar-refractivity contribution >= 4 is 0 Å². The summed E-state index contributed by atoms with van der Waals surface area (Å²) >= 11 is 0. The Kier molecular flexibility index (Phi) is 4.39. The van der Waals surface area contributed by atoms with E-state index < -0.39 is 0 Å². The van der Waals surface area contributed by atoms with Crippen LogP contribution in [0.2, 0.25) is 0 Å². The SMILES string of the molecule is CC[C@H](C)[C@H](N)c1nc(-c2ccc(OC)c(C)c2)no1. The van der Waals surface area contributed by atoms with Gasteiger partial charge >= 0.3 is 0 Å². The van der Waals surface area contributed by atoms with Crippen LogP contribution in [0.4, 0.5) is 0 Å². The minimum atomic E-state index is -0.222. The van der Waals surface area contributed by atoms with Crippen molar-refractivity contribution in [3.05, 3.63) is 29.7 Å². The summed E-state index contributed by atoms with van der Waals surface area (Å²) in [6.45, 7) is 6.15. The van der Waals surface area contributed by atoms with Crippen LogP contribution in [-0.4, -0.2) is 17.3 Å². The maximum atomic E-state index is 6.10. The van der Waals surface area contributed by atoms with E-state index in [0.29, 0.717) is 17.6 Å². The Bertz CT molecular complexity index is 580. The van der Waals surface area contributed by atoms with Gasteiger partial charge in [-0.3, -0.25) is 0 Å². The molecule has 0 fully saturated rings. The molecule has 0 aliphatic heterocycles. The quantitative estimate of drug-likeness (QED) is 0.907. The number of nitrogens with two attached hydrogens (primary N) is 1. The number of nitrogens with zero attached hydrogens (tertiary/aromatic N) is 2. The first kappa shape index (κ1) is 14.5. The zero-order chi connectivity index (χ0) is 14.7. The molecule has 0 saturated carbocycles. The number of methoxy groups -OCH3 is 1. The standard InChI is InChI=1S/C15H21N3O2/c1-5-9(2)13(16)15-17-14(18-20-15)11-6-7-12(19-4)10(3)8-11/h6-9,13H,5,16H2,1-4H3/t9-,13-/m0/s1. The van der Waals surface area contributed by atoms with Gasteiger partial charge in [-0.25, -0.2) is 0 Å². The summed E-state index contributed by atoms with van der Waals surface area (Å²) in [6, 6.07) is 5.56. The molecule has 5 heteroatoms. The topological polar surface area (TPSA) is 74.2 Å². The second kappa shape index (κ2) is 6.05. The Labute approximate surface area is 119 Å². The van der Waals surface area contributed by atoms with E-state index in [0.717, 1.165) is 23.3 Å². The van der Waals surface area contributed by atoms with Crippen molar-refractivity contribution < 1.29 is 9.26 Å². The highest BCUT2D eigenvalue weighted by atomic mass is 16.5. The van der Waals surface area contributed by atoms with Crippen LogP contribution >= 0.6 is 0 Å². The van der Waals surface area contributed by atoms with Gasteiger partial charge in [-0.15, -0.1) is 0 Å². The first-order valence-corrected chi connectivity index (χ1v) is 6.81. The van der Waals surface area contributed by atoms with Crippen LogP contribution in [0.3, 0.4) is 0 Å². The van der Waals surface area contributed by atoms with Gasteiger partial charge in [0.1, 0.15) is 5.75 Å². The van der Waals surface area contributed by atoms with E-state index in [1.807, 2.05) is 25.1 Å². The fourth-order valence-corrected chi connectivity index (χ4v) is 2.00. The molecule has 20 heavy (non-hydrogen) atoms. The molecular formula is C15H21N3O2. The molecule has 1 aromatic carbocycles. The fourth-order valence-electron chi connectivity index (χ4n) is 2.00. The van der Waals surface area contributed by atoms with Gasteiger partial charge in [-0.05, 0) is 36.6 Å². The van der Waals surface area contributed by atoms with Gasteiger partial charge in [0, 0.05) is 5.56 Å². The van der Waals surface area contributed by atoms with E-state index in [-0.39, 0.29) is 6.04 Å². The lowest BCUT2D eigenvalue weighted by Crippen LogP contribution is -2.18. The van der Waals surface area contributed by atoms with Crippen LogP contribution in [0.1, 0.15) is 37.8 Å². The van der Waals surface area contributed by atoms with Gasteiger partial charge in [0.2, 0.25) is 11.7 Å². The van der Waals surface area contributed by atoms with Gasteiger partial charge < -0.3 is 15.0 Å². The average Bonchev–Trinajstić information content (AvgIpc) is 2.95. The van der Waals surface area contributed by atoms with E-state index in [9.17, 15) is 0 Å². The van der Waals surface area contributed by atoms with E-state index in [1.165, 1.54) is 0 Å². The smallest absolute Gasteiger partial charge is 0.244 e. The molecule has 1 aromatic heterocycles. The third kappa shape index (κ3) is 2.82. The van der Waals surface area contributed by atoms with Crippen LogP contribution in [0.25, 0.3) is 11.4 Å². The maximum Gasteiger partial charge on any atom is 0.244 e. The minimum absolute atomic E-state index is 0.222. The van der Waals surface area contributed by atoms with Gasteiger partial charge in [-0.1, -0.05) is 25.4 Å². The highest BCUT2D eigenvalue weighted by Gasteiger charge is 2.20. The van der Waals surface area contributed by atoms with Crippen LogP contribution in [0, 0.1) is 12.8 Å². The molecule has 0 aliphatic carbocycles. The predicted octanol–water partition coefficient (Wildman–Crippen LogP) is 3.10. The monoisotopic (exact) mass is 275 g/mol. The van der Waals surface area contributed by atoms with Crippen molar-refractivity contribution in [1.29, 1.82) is 0 Å². The van der Waals surface area contributed by atoms with Gasteiger partial charge in [0.05, 0.1) is 13.2 Å². The Balaban J connectivity index is 2.26. The molecule has 0 radical (unpaired) electrons. The second-order valence-electron chi connectivity index (χ2n) is 5.05. The van der Waals surface area contributed by atoms with Crippen LogP contribution < -0.4 is 10.5 Å². The minimum Gasteiger partial charge on any atom is -0.496 e. The summed E-state index contributed by atoms with van der Waals surface area (Å²) in [5, 5.41) is 4.01. The summed E-state index contributed by atoms with van der Waals surface area (Å²) in [5.74, 6) is 2.20. The van der Waals surface area contributed by atoms with Crippen molar-refractivity contribution in [3.63, 3.8) is 0 Å². The highest BCUT2D eigenvalue weighted by molar-refractivity contribution is 5.58. The molecule has 0 spiro atoms.